The van der Waals surface area contributed by atoms with Crippen molar-refractivity contribution >= 4 is 17.5 Å². The van der Waals surface area contributed by atoms with Gasteiger partial charge in [-0.05, 0) is 44.9 Å². The van der Waals surface area contributed by atoms with Crippen molar-refractivity contribution < 1.29 is 4.79 Å². The summed E-state index contributed by atoms with van der Waals surface area (Å²) >= 11 is 5.85. The third-order valence-electron chi connectivity index (χ3n) is 3.30. The van der Waals surface area contributed by atoms with Crippen LogP contribution in [0.2, 0.25) is 5.02 Å². The van der Waals surface area contributed by atoms with E-state index in [1.807, 2.05) is 45.0 Å². The lowest BCUT2D eigenvalue weighted by molar-refractivity contribution is -0.122. The van der Waals surface area contributed by atoms with Gasteiger partial charge in [0.05, 0.1) is 6.54 Å². The van der Waals surface area contributed by atoms with Gasteiger partial charge in [-0.3, -0.25) is 4.79 Å². The zero-order chi connectivity index (χ0) is 14.5. The molecule has 0 aromatic heterocycles. The van der Waals surface area contributed by atoms with E-state index in [9.17, 15) is 4.79 Å². The summed E-state index contributed by atoms with van der Waals surface area (Å²) in [6.45, 7) is 8.44. The summed E-state index contributed by atoms with van der Waals surface area (Å²) in [5.41, 5.74) is 0.967. The first-order chi connectivity index (χ1) is 8.84. The highest BCUT2D eigenvalue weighted by molar-refractivity contribution is 6.30. The Hall–Kier alpha value is -1.06. The van der Waals surface area contributed by atoms with Crippen molar-refractivity contribution in [3.05, 3.63) is 34.9 Å². The SMILES string of the molecule is CCC(C)(C)NC(=O)CNC(C)c1ccc(Cl)cc1. The molecule has 1 aromatic carbocycles. The van der Waals surface area contributed by atoms with Crippen LogP contribution in [-0.2, 0) is 4.79 Å². The Morgan fingerprint density at radius 2 is 1.89 bits per heavy atom. The lowest BCUT2D eigenvalue weighted by atomic mass is 10.0. The Morgan fingerprint density at radius 3 is 2.42 bits per heavy atom. The predicted octanol–water partition coefficient (Wildman–Crippen LogP) is 3.30. The van der Waals surface area contributed by atoms with Gasteiger partial charge in [0.25, 0.3) is 0 Å². The number of hydrogen-bond donors (Lipinski definition) is 2. The van der Waals surface area contributed by atoms with Gasteiger partial charge >= 0.3 is 0 Å². The predicted molar refractivity (Wildman–Crippen MR) is 80.4 cm³/mol. The van der Waals surface area contributed by atoms with Crippen LogP contribution in [0.15, 0.2) is 24.3 Å². The third kappa shape index (κ3) is 5.62. The molecule has 0 aliphatic carbocycles. The van der Waals surface area contributed by atoms with Gasteiger partial charge in [-0.25, -0.2) is 0 Å². The summed E-state index contributed by atoms with van der Waals surface area (Å²) in [6, 6.07) is 7.76. The molecule has 0 spiro atoms. The molecule has 0 aliphatic rings. The van der Waals surface area contributed by atoms with Crippen LogP contribution in [0.25, 0.3) is 0 Å². The van der Waals surface area contributed by atoms with Crippen LogP contribution in [0.3, 0.4) is 0 Å². The standard InChI is InChI=1S/C15H23ClN2O/c1-5-15(3,4)18-14(19)10-17-11(2)12-6-8-13(16)9-7-12/h6-9,11,17H,5,10H2,1-4H3,(H,18,19). The van der Waals surface area contributed by atoms with Crippen molar-refractivity contribution in [3.63, 3.8) is 0 Å². The summed E-state index contributed by atoms with van der Waals surface area (Å²) in [7, 11) is 0. The lowest BCUT2D eigenvalue weighted by Gasteiger charge is -2.25. The summed E-state index contributed by atoms with van der Waals surface area (Å²) in [5, 5.41) is 6.93. The van der Waals surface area contributed by atoms with Crippen LogP contribution < -0.4 is 10.6 Å². The summed E-state index contributed by atoms with van der Waals surface area (Å²) in [5.74, 6) is 0.0210. The molecule has 1 unspecified atom stereocenters. The van der Waals surface area contributed by atoms with Crippen LogP contribution in [-0.4, -0.2) is 18.0 Å². The maximum Gasteiger partial charge on any atom is 0.234 e. The van der Waals surface area contributed by atoms with Gasteiger partial charge in [0, 0.05) is 16.6 Å². The molecule has 106 valence electrons. The van der Waals surface area contributed by atoms with E-state index in [-0.39, 0.29) is 17.5 Å². The minimum absolute atomic E-state index is 0.0210. The Labute approximate surface area is 120 Å². The molecule has 2 N–H and O–H groups in total. The molecule has 1 amide bonds. The molecule has 0 heterocycles. The molecule has 1 atom stereocenters. The van der Waals surface area contributed by atoms with E-state index in [0.29, 0.717) is 6.54 Å². The van der Waals surface area contributed by atoms with Gasteiger partial charge in [0.1, 0.15) is 0 Å². The van der Waals surface area contributed by atoms with Crippen molar-refractivity contribution in [2.75, 3.05) is 6.54 Å². The number of nitrogens with one attached hydrogen (secondary N) is 2. The number of amides is 1. The van der Waals surface area contributed by atoms with Gasteiger partial charge in [-0.1, -0.05) is 30.7 Å². The lowest BCUT2D eigenvalue weighted by Crippen LogP contribution is -2.46. The fourth-order valence-electron chi connectivity index (χ4n) is 1.63. The smallest absolute Gasteiger partial charge is 0.234 e. The minimum atomic E-state index is -0.151. The molecule has 3 nitrogen and oxygen atoms in total. The molecule has 0 saturated heterocycles. The first kappa shape index (κ1) is 16.0. The largest absolute Gasteiger partial charge is 0.350 e. The summed E-state index contributed by atoms with van der Waals surface area (Å²) < 4.78 is 0. The van der Waals surface area contributed by atoms with Crippen molar-refractivity contribution in [1.82, 2.24) is 10.6 Å². The molecule has 19 heavy (non-hydrogen) atoms. The molecule has 4 heteroatoms. The first-order valence-electron chi connectivity index (χ1n) is 6.64. The molecule has 1 aromatic rings. The number of benzene rings is 1. The normalized spacial score (nSPS) is 13.1. The Morgan fingerprint density at radius 1 is 1.32 bits per heavy atom. The van der Waals surface area contributed by atoms with Crippen LogP contribution in [0.5, 0.6) is 0 Å². The monoisotopic (exact) mass is 282 g/mol. The fraction of sp³-hybridized carbons (Fsp3) is 0.533. The summed E-state index contributed by atoms with van der Waals surface area (Å²) in [4.78, 5) is 11.8. The highest BCUT2D eigenvalue weighted by Gasteiger charge is 2.17. The van der Waals surface area contributed by atoms with Crippen molar-refractivity contribution in [3.8, 4) is 0 Å². The van der Waals surface area contributed by atoms with Crippen molar-refractivity contribution in [1.29, 1.82) is 0 Å². The van der Waals surface area contributed by atoms with Crippen molar-refractivity contribution in [2.45, 2.75) is 45.7 Å². The second-order valence-electron chi connectivity index (χ2n) is 5.44. The number of hydrogen-bond acceptors (Lipinski definition) is 2. The number of halogens is 1. The average Bonchev–Trinajstić information content (AvgIpc) is 2.36. The van der Waals surface area contributed by atoms with Crippen molar-refractivity contribution in [2.24, 2.45) is 0 Å². The summed E-state index contributed by atoms with van der Waals surface area (Å²) in [6.07, 6.45) is 0.908. The van der Waals surface area contributed by atoms with Gasteiger partial charge < -0.3 is 10.6 Å². The van der Waals surface area contributed by atoms with Gasteiger partial charge in [0.15, 0.2) is 0 Å². The van der Waals surface area contributed by atoms with Gasteiger partial charge in [-0.2, -0.15) is 0 Å². The van der Waals surface area contributed by atoms with E-state index >= 15 is 0 Å². The Kier molecular flexibility index (Phi) is 5.83. The Bertz CT molecular complexity index is 415. The van der Waals surface area contributed by atoms with Crippen LogP contribution in [0, 0.1) is 0 Å². The van der Waals surface area contributed by atoms with Crippen LogP contribution in [0.1, 0.15) is 45.7 Å². The fourth-order valence-corrected chi connectivity index (χ4v) is 1.75. The highest BCUT2D eigenvalue weighted by Crippen LogP contribution is 2.15. The van der Waals surface area contributed by atoms with E-state index in [1.165, 1.54) is 0 Å². The molecule has 0 aliphatic heterocycles. The quantitative estimate of drug-likeness (QED) is 0.841. The van der Waals surface area contributed by atoms with Crippen LogP contribution >= 0.6 is 11.6 Å². The van der Waals surface area contributed by atoms with E-state index in [2.05, 4.69) is 17.6 Å². The highest BCUT2D eigenvalue weighted by atomic mass is 35.5. The van der Waals surface area contributed by atoms with E-state index in [1.54, 1.807) is 0 Å². The van der Waals surface area contributed by atoms with Gasteiger partial charge in [-0.15, -0.1) is 0 Å². The molecule has 0 bridgehead atoms. The minimum Gasteiger partial charge on any atom is -0.350 e. The first-order valence-corrected chi connectivity index (χ1v) is 7.01. The number of carbonyl (C=O) groups is 1. The maximum absolute atomic E-state index is 11.8. The second-order valence-corrected chi connectivity index (χ2v) is 5.88. The molecular weight excluding hydrogens is 260 g/mol. The molecule has 1 rings (SSSR count). The number of carbonyl (C=O) groups excluding carboxylic acids is 1. The zero-order valence-corrected chi connectivity index (χ0v) is 12.8. The molecular formula is C15H23ClN2O. The molecule has 0 saturated carbocycles. The van der Waals surface area contributed by atoms with E-state index < -0.39 is 0 Å². The Balaban J connectivity index is 2.44. The molecule has 0 radical (unpaired) electrons. The third-order valence-corrected chi connectivity index (χ3v) is 3.55. The maximum atomic E-state index is 11.8. The van der Waals surface area contributed by atoms with E-state index in [0.717, 1.165) is 17.0 Å². The van der Waals surface area contributed by atoms with Crippen LogP contribution in [0.4, 0.5) is 0 Å². The average molecular weight is 283 g/mol. The zero-order valence-electron chi connectivity index (χ0n) is 12.1. The number of rotatable bonds is 6. The van der Waals surface area contributed by atoms with Gasteiger partial charge in [0.2, 0.25) is 5.91 Å². The van der Waals surface area contributed by atoms with E-state index in [4.69, 9.17) is 11.6 Å². The molecule has 0 fully saturated rings. The topological polar surface area (TPSA) is 41.1 Å². The second kappa shape index (κ2) is 6.92.